The number of ether oxygens (including phenoxy) is 1. The van der Waals surface area contributed by atoms with Crippen LogP contribution in [0.25, 0.3) is 0 Å². The molecule has 0 saturated carbocycles. The van der Waals surface area contributed by atoms with Crippen molar-refractivity contribution >= 4 is 57.3 Å². The molecular formula is C18H16IN5O2. The van der Waals surface area contributed by atoms with Crippen LogP contribution in [0.1, 0.15) is 10.4 Å². The number of esters is 1. The van der Waals surface area contributed by atoms with Crippen LogP contribution in [0.5, 0.6) is 0 Å². The van der Waals surface area contributed by atoms with Crippen LogP contribution in [0.15, 0.2) is 54.9 Å². The highest BCUT2D eigenvalue weighted by molar-refractivity contribution is 14.1. The molecule has 132 valence electrons. The van der Waals surface area contributed by atoms with E-state index in [-0.39, 0.29) is 5.97 Å². The van der Waals surface area contributed by atoms with Crippen LogP contribution < -0.4 is 16.4 Å². The van der Waals surface area contributed by atoms with E-state index in [2.05, 4.69) is 47.9 Å². The minimum Gasteiger partial charge on any atom is -0.465 e. The quantitative estimate of drug-likeness (QED) is 0.391. The topological polar surface area (TPSA) is 102 Å². The molecule has 0 saturated heterocycles. The molecule has 4 N–H and O–H groups in total. The van der Waals surface area contributed by atoms with Crippen LogP contribution in [0.2, 0.25) is 0 Å². The fourth-order valence-corrected chi connectivity index (χ4v) is 2.57. The Bertz CT molecular complexity index is 914. The van der Waals surface area contributed by atoms with Gasteiger partial charge in [0.05, 0.1) is 12.7 Å². The zero-order chi connectivity index (χ0) is 18.5. The van der Waals surface area contributed by atoms with Crippen LogP contribution in [0, 0.1) is 3.57 Å². The van der Waals surface area contributed by atoms with Crippen molar-refractivity contribution < 1.29 is 9.53 Å². The number of halogens is 1. The molecule has 0 aliphatic rings. The van der Waals surface area contributed by atoms with Crippen molar-refractivity contribution in [2.24, 2.45) is 0 Å². The molecule has 26 heavy (non-hydrogen) atoms. The van der Waals surface area contributed by atoms with Gasteiger partial charge in [-0.05, 0) is 71.1 Å². The third-order valence-corrected chi connectivity index (χ3v) is 4.28. The summed E-state index contributed by atoms with van der Waals surface area (Å²) >= 11 is 2.24. The lowest BCUT2D eigenvalue weighted by atomic mass is 10.2. The highest BCUT2D eigenvalue weighted by atomic mass is 127. The summed E-state index contributed by atoms with van der Waals surface area (Å²) in [5.74, 6) is 0.593. The van der Waals surface area contributed by atoms with E-state index in [1.54, 1.807) is 24.3 Å². The summed E-state index contributed by atoms with van der Waals surface area (Å²) in [5.41, 5.74) is 8.66. The average Bonchev–Trinajstić information content (AvgIpc) is 2.66. The van der Waals surface area contributed by atoms with E-state index in [9.17, 15) is 4.79 Å². The Balaban J connectivity index is 1.78. The number of nitrogens with zero attached hydrogens (tertiary/aromatic N) is 2. The molecule has 1 heterocycles. The number of benzene rings is 2. The second-order valence-electron chi connectivity index (χ2n) is 5.31. The first-order chi connectivity index (χ1) is 12.6. The van der Waals surface area contributed by atoms with E-state index >= 15 is 0 Å². The first kappa shape index (κ1) is 17.9. The van der Waals surface area contributed by atoms with Crippen molar-refractivity contribution in [1.29, 1.82) is 0 Å². The van der Waals surface area contributed by atoms with Crippen LogP contribution in [-0.2, 0) is 4.74 Å². The molecule has 0 bridgehead atoms. The highest BCUT2D eigenvalue weighted by Crippen LogP contribution is 2.28. The summed E-state index contributed by atoms with van der Waals surface area (Å²) in [4.78, 5) is 19.9. The van der Waals surface area contributed by atoms with Gasteiger partial charge < -0.3 is 21.1 Å². The Morgan fingerprint density at radius 1 is 0.962 bits per heavy atom. The van der Waals surface area contributed by atoms with Gasteiger partial charge in [-0.2, -0.15) is 0 Å². The second-order valence-corrected chi connectivity index (χ2v) is 6.56. The summed E-state index contributed by atoms with van der Waals surface area (Å²) < 4.78 is 5.82. The van der Waals surface area contributed by atoms with Crippen LogP contribution in [0.4, 0.5) is 28.7 Å². The Morgan fingerprint density at radius 2 is 1.46 bits per heavy atom. The number of methoxy groups -OCH3 is 1. The maximum Gasteiger partial charge on any atom is 0.337 e. The molecule has 8 heteroatoms. The lowest BCUT2D eigenvalue weighted by molar-refractivity contribution is 0.0601. The molecule has 3 aromatic rings. The van der Waals surface area contributed by atoms with Gasteiger partial charge in [-0.15, -0.1) is 0 Å². The van der Waals surface area contributed by atoms with Gasteiger partial charge >= 0.3 is 5.97 Å². The zero-order valence-corrected chi connectivity index (χ0v) is 16.0. The summed E-state index contributed by atoms with van der Waals surface area (Å²) in [5, 5.41) is 6.30. The maximum atomic E-state index is 11.5. The van der Waals surface area contributed by atoms with E-state index in [1.807, 2.05) is 24.3 Å². The van der Waals surface area contributed by atoms with Gasteiger partial charge in [-0.1, -0.05) is 0 Å². The first-order valence-electron chi connectivity index (χ1n) is 7.65. The summed E-state index contributed by atoms with van der Waals surface area (Å²) in [6, 6.07) is 14.7. The lowest BCUT2D eigenvalue weighted by Crippen LogP contribution is -2.05. The van der Waals surface area contributed by atoms with Crippen LogP contribution in [-0.4, -0.2) is 23.0 Å². The van der Waals surface area contributed by atoms with Crippen molar-refractivity contribution in [3.63, 3.8) is 0 Å². The fraction of sp³-hybridized carbons (Fsp3) is 0.0556. The van der Waals surface area contributed by atoms with Gasteiger partial charge in [0.2, 0.25) is 0 Å². The number of hydrogen-bond acceptors (Lipinski definition) is 7. The summed E-state index contributed by atoms with van der Waals surface area (Å²) in [6.45, 7) is 0. The van der Waals surface area contributed by atoms with Crippen molar-refractivity contribution in [2.45, 2.75) is 0 Å². The molecule has 1 aromatic heterocycles. The normalized spacial score (nSPS) is 10.2. The SMILES string of the molecule is COC(=O)c1ccc(Nc2ncnc(Nc3ccc(I)cc3)c2N)cc1. The average molecular weight is 461 g/mol. The molecular weight excluding hydrogens is 445 g/mol. The number of carbonyl (C=O) groups is 1. The molecule has 0 aliphatic carbocycles. The number of carbonyl (C=O) groups excluding carboxylic acids is 1. The molecule has 2 aromatic carbocycles. The minimum atomic E-state index is -0.387. The van der Waals surface area contributed by atoms with E-state index < -0.39 is 0 Å². The van der Waals surface area contributed by atoms with Gasteiger partial charge in [0.15, 0.2) is 11.6 Å². The molecule has 0 amide bonds. The zero-order valence-electron chi connectivity index (χ0n) is 13.9. The Labute approximate surface area is 164 Å². The standard InChI is InChI=1S/C18H16IN5O2/c1-26-18(25)11-2-6-13(7-3-11)23-16-15(20)17(22-10-21-16)24-14-8-4-12(19)5-9-14/h2-10H,20H2,1H3,(H2,21,22,23,24). The van der Waals surface area contributed by atoms with Crippen molar-refractivity contribution in [1.82, 2.24) is 9.97 Å². The number of rotatable bonds is 5. The number of nitrogens with two attached hydrogens (primary N) is 1. The predicted octanol–water partition coefficient (Wildman–Crippen LogP) is 3.94. The van der Waals surface area contributed by atoms with Gasteiger partial charge in [0.1, 0.15) is 12.0 Å². The number of nitrogen functional groups attached to an aromatic ring is 1. The Hall–Kier alpha value is -2.88. The maximum absolute atomic E-state index is 11.5. The minimum absolute atomic E-state index is 0.387. The Kier molecular flexibility index (Phi) is 5.52. The van der Waals surface area contributed by atoms with Crippen molar-refractivity contribution in [3.8, 4) is 0 Å². The molecule has 0 radical (unpaired) electrons. The van der Waals surface area contributed by atoms with Gasteiger partial charge in [0.25, 0.3) is 0 Å². The monoisotopic (exact) mass is 461 g/mol. The highest BCUT2D eigenvalue weighted by Gasteiger charge is 2.10. The molecule has 0 spiro atoms. The van der Waals surface area contributed by atoms with Gasteiger partial charge in [-0.25, -0.2) is 14.8 Å². The van der Waals surface area contributed by atoms with Crippen molar-refractivity contribution in [3.05, 3.63) is 64.0 Å². The van der Waals surface area contributed by atoms with Gasteiger partial charge in [0, 0.05) is 14.9 Å². The molecule has 0 atom stereocenters. The number of anilines is 5. The lowest BCUT2D eigenvalue weighted by Gasteiger charge is -2.13. The van der Waals surface area contributed by atoms with Crippen LogP contribution >= 0.6 is 22.6 Å². The Morgan fingerprint density at radius 3 is 1.96 bits per heavy atom. The first-order valence-corrected chi connectivity index (χ1v) is 8.73. The third-order valence-electron chi connectivity index (χ3n) is 3.56. The van der Waals surface area contributed by atoms with Crippen LogP contribution in [0.3, 0.4) is 0 Å². The number of aromatic nitrogens is 2. The van der Waals surface area contributed by atoms with Crippen molar-refractivity contribution in [2.75, 3.05) is 23.5 Å². The number of hydrogen-bond donors (Lipinski definition) is 3. The molecule has 0 unspecified atom stereocenters. The fourth-order valence-electron chi connectivity index (χ4n) is 2.21. The second kappa shape index (κ2) is 8.00. The number of nitrogens with one attached hydrogen (secondary N) is 2. The molecule has 0 aliphatic heterocycles. The molecule has 7 nitrogen and oxygen atoms in total. The van der Waals surface area contributed by atoms with E-state index in [0.717, 1.165) is 14.9 Å². The summed E-state index contributed by atoms with van der Waals surface area (Å²) in [6.07, 6.45) is 1.43. The smallest absolute Gasteiger partial charge is 0.337 e. The molecule has 3 rings (SSSR count). The van der Waals surface area contributed by atoms with E-state index in [0.29, 0.717) is 22.9 Å². The largest absolute Gasteiger partial charge is 0.465 e. The van der Waals surface area contributed by atoms with E-state index in [4.69, 9.17) is 5.73 Å². The van der Waals surface area contributed by atoms with E-state index in [1.165, 1.54) is 13.4 Å². The third kappa shape index (κ3) is 4.20. The molecule has 0 fully saturated rings. The van der Waals surface area contributed by atoms with Gasteiger partial charge in [-0.3, -0.25) is 0 Å². The predicted molar refractivity (Wildman–Crippen MR) is 110 cm³/mol. The summed E-state index contributed by atoms with van der Waals surface area (Å²) in [7, 11) is 1.35.